The molecular formula is C32H33N3O4S. The first kappa shape index (κ1) is 27.4. The Labute approximate surface area is 238 Å². The van der Waals surface area contributed by atoms with Crippen LogP contribution in [0.5, 0.6) is 5.75 Å². The molecule has 8 heteroatoms. The van der Waals surface area contributed by atoms with Crippen LogP contribution in [0, 0.1) is 19.8 Å². The van der Waals surface area contributed by atoms with Gasteiger partial charge < -0.3 is 14.7 Å². The van der Waals surface area contributed by atoms with Gasteiger partial charge in [-0.1, -0.05) is 43.4 Å². The van der Waals surface area contributed by atoms with E-state index in [0.29, 0.717) is 34.5 Å². The summed E-state index contributed by atoms with van der Waals surface area (Å²) in [5.74, 6) is -0.599. The molecule has 1 amide bonds. The molecule has 1 aromatic heterocycles. The fourth-order valence-electron chi connectivity index (χ4n) is 4.79. The SMILES string of the molecule is Cc1ccc2nc(N3C(=O)C(=O)/C(=C(/O)c4ccc(OCC(C)C)c(C)c4)C3c3ccc(N(C)C)cc3)sc2c1. The van der Waals surface area contributed by atoms with Gasteiger partial charge in [0.1, 0.15) is 11.5 Å². The summed E-state index contributed by atoms with van der Waals surface area (Å²) in [4.78, 5) is 35.3. The standard InChI is InChI=1S/C32H33N3O4S/c1-18(2)17-39-25-14-10-22(16-20(25)4)29(36)27-28(21-8-11-23(12-9-21)34(5)6)35(31(38)30(27)37)32-33-24-13-7-19(3)15-26(24)40-32/h7-16,18,28,36H,17H2,1-6H3/b29-27+. The van der Waals surface area contributed by atoms with Gasteiger partial charge in [-0.3, -0.25) is 14.5 Å². The van der Waals surface area contributed by atoms with Crippen molar-refractivity contribution in [3.05, 3.63) is 88.5 Å². The van der Waals surface area contributed by atoms with Crippen molar-refractivity contribution in [2.75, 3.05) is 30.5 Å². The summed E-state index contributed by atoms with van der Waals surface area (Å²) in [6, 6.07) is 18.0. The van der Waals surface area contributed by atoms with Crippen molar-refractivity contribution in [3.63, 3.8) is 0 Å². The molecular weight excluding hydrogens is 522 g/mol. The molecule has 0 spiro atoms. The number of carbonyl (C=O) groups excluding carboxylic acids is 2. The Hall–Kier alpha value is -4.17. The zero-order chi connectivity index (χ0) is 28.7. The van der Waals surface area contributed by atoms with Gasteiger partial charge in [-0.05, 0) is 78.9 Å². The highest BCUT2D eigenvalue weighted by Crippen LogP contribution is 2.45. The molecule has 0 radical (unpaired) electrons. The van der Waals surface area contributed by atoms with Crippen LogP contribution < -0.4 is 14.5 Å². The van der Waals surface area contributed by atoms with E-state index >= 15 is 0 Å². The Kier molecular flexibility index (Phi) is 7.38. The maximum absolute atomic E-state index is 13.6. The molecule has 0 bridgehead atoms. The van der Waals surface area contributed by atoms with Crippen LogP contribution >= 0.6 is 11.3 Å². The molecule has 7 nitrogen and oxygen atoms in total. The zero-order valence-corrected chi connectivity index (χ0v) is 24.4. The third kappa shape index (κ3) is 5.07. The number of anilines is 2. The van der Waals surface area contributed by atoms with Crippen LogP contribution in [0.4, 0.5) is 10.8 Å². The highest BCUT2D eigenvalue weighted by atomic mass is 32.1. The molecule has 4 aromatic rings. The number of aromatic nitrogens is 1. The smallest absolute Gasteiger partial charge is 0.301 e. The first-order valence-electron chi connectivity index (χ1n) is 13.2. The number of aliphatic hydroxyl groups is 1. The van der Waals surface area contributed by atoms with Crippen LogP contribution in [-0.4, -0.2) is 42.5 Å². The van der Waals surface area contributed by atoms with Crippen molar-refractivity contribution < 1.29 is 19.4 Å². The van der Waals surface area contributed by atoms with Crippen molar-refractivity contribution in [2.45, 2.75) is 33.7 Å². The lowest BCUT2D eigenvalue weighted by Crippen LogP contribution is -2.29. The van der Waals surface area contributed by atoms with Gasteiger partial charge in [-0.25, -0.2) is 4.98 Å². The molecule has 206 valence electrons. The zero-order valence-electron chi connectivity index (χ0n) is 23.6. The number of thiazole rings is 1. The van der Waals surface area contributed by atoms with Gasteiger partial charge in [-0.15, -0.1) is 0 Å². The Morgan fingerprint density at radius 1 is 1.05 bits per heavy atom. The van der Waals surface area contributed by atoms with Crippen LogP contribution in [0.15, 0.2) is 66.2 Å². The second kappa shape index (κ2) is 10.8. The number of Topliss-reactive ketones (excluding diaryl/α,β-unsaturated/α-hetero) is 1. The summed E-state index contributed by atoms with van der Waals surface area (Å²) in [6.07, 6.45) is 0. The predicted molar refractivity (Wildman–Crippen MR) is 161 cm³/mol. The maximum Gasteiger partial charge on any atom is 0.301 e. The largest absolute Gasteiger partial charge is 0.507 e. The van der Waals surface area contributed by atoms with Gasteiger partial charge in [0.15, 0.2) is 5.13 Å². The number of aliphatic hydroxyl groups excluding tert-OH is 1. The van der Waals surface area contributed by atoms with E-state index in [4.69, 9.17) is 9.72 Å². The molecule has 1 fully saturated rings. The molecule has 5 rings (SSSR count). The topological polar surface area (TPSA) is 83.0 Å². The minimum absolute atomic E-state index is 0.0355. The lowest BCUT2D eigenvalue weighted by Gasteiger charge is -2.24. The minimum atomic E-state index is -0.838. The Morgan fingerprint density at radius 3 is 2.42 bits per heavy atom. The highest BCUT2D eigenvalue weighted by Gasteiger charge is 2.48. The second-order valence-corrected chi connectivity index (χ2v) is 11.8. The number of ketones is 1. The van der Waals surface area contributed by atoms with Crippen LogP contribution in [-0.2, 0) is 9.59 Å². The van der Waals surface area contributed by atoms with Gasteiger partial charge in [0, 0.05) is 25.3 Å². The van der Waals surface area contributed by atoms with E-state index in [0.717, 1.165) is 27.0 Å². The summed E-state index contributed by atoms with van der Waals surface area (Å²) in [6.45, 7) is 8.62. The molecule has 0 aliphatic carbocycles. The summed E-state index contributed by atoms with van der Waals surface area (Å²) < 4.78 is 6.81. The average molecular weight is 556 g/mol. The molecule has 1 aliphatic heterocycles. The molecule has 0 saturated carbocycles. The maximum atomic E-state index is 13.6. The molecule has 1 aliphatic rings. The third-order valence-electron chi connectivity index (χ3n) is 6.93. The van der Waals surface area contributed by atoms with Crippen molar-refractivity contribution >= 4 is 49.8 Å². The number of nitrogens with zero attached hydrogens (tertiary/aromatic N) is 3. The molecule has 40 heavy (non-hydrogen) atoms. The fraction of sp³-hybridized carbons (Fsp3) is 0.281. The molecule has 2 heterocycles. The van der Waals surface area contributed by atoms with Crippen molar-refractivity contribution in [1.29, 1.82) is 0 Å². The van der Waals surface area contributed by atoms with Gasteiger partial charge >= 0.3 is 5.91 Å². The van der Waals surface area contributed by atoms with Gasteiger partial charge in [-0.2, -0.15) is 0 Å². The summed E-state index contributed by atoms with van der Waals surface area (Å²) in [7, 11) is 3.89. The van der Waals surface area contributed by atoms with Gasteiger partial charge in [0.2, 0.25) is 0 Å². The monoisotopic (exact) mass is 555 g/mol. The molecule has 3 aromatic carbocycles. The Bertz CT molecular complexity index is 1640. The lowest BCUT2D eigenvalue weighted by atomic mass is 9.94. The number of rotatable bonds is 7. The first-order valence-corrected chi connectivity index (χ1v) is 14.1. The predicted octanol–water partition coefficient (Wildman–Crippen LogP) is 6.64. The summed E-state index contributed by atoms with van der Waals surface area (Å²) in [5, 5.41) is 12.0. The van der Waals surface area contributed by atoms with Crippen molar-refractivity contribution in [3.8, 4) is 5.75 Å². The first-order chi connectivity index (χ1) is 19.0. The van der Waals surface area contributed by atoms with Crippen LogP contribution in [0.2, 0.25) is 0 Å². The average Bonchev–Trinajstić information content (AvgIpc) is 3.45. The van der Waals surface area contributed by atoms with Crippen LogP contribution in [0.3, 0.4) is 0 Å². The Balaban J connectivity index is 1.65. The van der Waals surface area contributed by atoms with E-state index in [9.17, 15) is 14.7 Å². The van der Waals surface area contributed by atoms with E-state index in [2.05, 4.69) is 13.8 Å². The number of hydrogen-bond acceptors (Lipinski definition) is 7. The van der Waals surface area contributed by atoms with Crippen LogP contribution in [0.25, 0.3) is 16.0 Å². The number of hydrogen-bond donors (Lipinski definition) is 1. The quantitative estimate of drug-likeness (QED) is 0.156. The highest BCUT2D eigenvalue weighted by molar-refractivity contribution is 7.22. The number of carbonyl (C=O) groups is 2. The van der Waals surface area contributed by atoms with Gasteiger partial charge in [0.25, 0.3) is 5.78 Å². The molecule has 1 atom stereocenters. The third-order valence-corrected chi connectivity index (χ3v) is 7.95. The van der Waals surface area contributed by atoms with E-state index in [1.54, 1.807) is 18.2 Å². The Morgan fingerprint density at radius 2 is 1.77 bits per heavy atom. The number of ether oxygens (including phenoxy) is 1. The number of benzene rings is 3. The number of fused-ring (bicyclic) bond motifs is 1. The summed E-state index contributed by atoms with van der Waals surface area (Å²) in [5.41, 5.74) is 4.82. The fourth-order valence-corrected chi connectivity index (χ4v) is 5.88. The van der Waals surface area contributed by atoms with Crippen LogP contribution in [0.1, 0.15) is 42.1 Å². The van der Waals surface area contributed by atoms with E-state index < -0.39 is 17.7 Å². The second-order valence-electron chi connectivity index (χ2n) is 10.8. The normalized spacial score (nSPS) is 16.8. The minimum Gasteiger partial charge on any atom is -0.507 e. The van der Waals surface area contributed by atoms with E-state index in [1.807, 2.05) is 75.3 Å². The van der Waals surface area contributed by atoms with E-state index in [-0.39, 0.29) is 11.3 Å². The lowest BCUT2D eigenvalue weighted by molar-refractivity contribution is -0.132. The van der Waals surface area contributed by atoms with Gasteiger partial charge in [0.05, 0.1) is 28.4 Å². The van der Waals surface area contributed by atoms with Crippen molar-refractivity contribution in [2.24, 2.45) is 5.92 Å². The van der Waals surface area contributed by atoms with Crippen molar-refractivity contribution in [1.82, 2.24) is 4.98 Å². The molecule has 1 N–H and O–H groups in total. The summed E-state index contributed by atoms with van der Waals surface area (Å²) >= 11 is 1.36. The number of amides is 1. The van der Waals surface area contributed by atoms with E-state index in [1.165, 1.54) is 16.2 Å². The number of aryl methyl sites for hydroxylation is 2. The molecule has 1 saturated heterocycles. The molecule has 1 unspecified atom stereocenters.